The summed E-state index contributed by atoms with van der Waals surface area (Å²) in [5.74, 6) is -0.518. The molecule has 1 aromatic rings. The first-order chi connectivity index (χ1) is 8.43. The molecule has 4 nitrogen and oxygen atoms in total. The molecule has 1 aromatic carbocycles. The molecule has 0 N–H and O–H groups in total. The number of hydrogen-bond donors (Lipinski definition) is 0. The van der Waals surface area contributed by atoms with E-state index in [1.807, 2.05) is 6.92 Å². The van der Waals surface area contributed by atoms with Crippen LogP contribution in [0, 0.1) is 6.92 Å². The summed E-state index contributed by atoms with van der Waals surface area (Å²) in [6.45, 7) is 5.29. The molecule has 18 heavy (non-hydrogen) atoms. The van der Waals surface area contributed by atoms with Crippen LogP contribution in [0.15, 0.2) is 41.8 Å². The van der Waals surface area contributed by atoms with Crippen LogP contribution in [0.1, 0.15) is 5.56 Å². The molecule has 98 valence electrons. The molecule has 0 bridgehead atoms. The Bertz CT molecular complexity index is 537. The molecule has 0 atom stereocenters. The van der Waals surface area contributed by atoms with Gasteiger partial charge in [-0.15, -0.1) is 6.58 Å². The van der Waals surface area contributed by atoms with Gasteiger partial charge < -0.3 is 0 Å². The number of nitrogens with zero attached hydrogens (tertiary/aromatic N) is 1. The maximum Gasteiger partial charge on any atom is 0.266 e. The zero-order chi connectivity index (χ0) is 13.8. The number of carbonyl (C=O) groups excluding carboxylic acids is 1. The van der Waals surface area contributed by atoms with Crippen LogP contribution < -0.4 is 0 Å². The van der Waals surface area contributed by atoms with Gasteiger partial charge in [0.25, 0.3) is 10.0 Å². The summed E-state index contributed by atoms with van der Waals surface area (Å²) in [6.07, 6.45) is 1.38. The fraction of sp³-hybridized carbons (Fsp3) is 0.250. The predicted octanol–water partition coefficient (Wildman–Crippen LogP) is 2.09. The van der Waals surface area contributed by atoms with E-state index in [2.05, 4.69) is 22.5 Å². The summed E-state index contributed by atoms with van der Waals surface area (Å²) >= 11 is 2.97. The normalized spacial score (nSPS) is 11.0. The van der Waals surface area contributed by atoms with E-state index < -0.39 is 15.9 Å². The van der Waals surface area contributed by atoms with Gasteiger partial charge in [0.1, 0.15) is 0 Å². The third kappa shape index (κ3) is 3.20. The van der Waals surface area contributed by atoms with Crippen molar-refractivity contribution in [1.82, 2.24) is 4.31 Å². The Morgan fingerprint density at radius 1 is 1.39 bits per heavy atom. The maximum absolute atomic E-state index is 12.3. The highest BCUT2D eigenvalue weighted by Crippen LogP contribution is 2.17. The average molecular weight is 332 g/mol. The Hall–Kier alpha value is -1.14. The number of rotatable bonds is 5. The Balaban J connectivity index is 3.20. The second-order valence-corrected chi connectivity index (χ2v) is 6.09. The van der Waals surface area contributed by atoms with E-state index in [0.717, 1.165) is 9.87 Å². The summed E-state index contributed by atoms with van der Waals surface area (Å²) in [5.41, 5.74) is 0.955. The van der Waals surface area contributed by atoms with Gasteiger partial charge in [-0.2, -0.15) is 0 Å². The molecule has 0 aliphatic heterocycles. The van der Waals surface area contributed by atoms with Crippen LogP contribution in [-0.4, -0.2) is 30.5 Å². The molecule has 1 rings (SSSR count). The SMILES string of the molecule is C=CCN(C(=O)CBr)S(=O)(=O)c1ccc(C)cc1. The van der Waals surface area contributed by atoms with Crippen molar-refractivity contribution < 1.29 is 13.2 Å². The average Bonchev–Trinajstić information content (AvgIpc) is 2.35. The molecule has 0 aliphatic carbocycles. The summed E-state index contributed by atoms with van der Waals surface area (Å²) < 4.78 is 25.3. The van der Waals surface area contributed by atoms with Crippen LogP contribution in [0.4, 0.5) is 0 Å². The van der Waals surface area contributed by atoms with Crippen LogP contribution in [0.3, 0.4) is 0 Å². The first-order valence-electron chi connectivity index (χ1n) is 5.22. The Morgan fingerprint density at radius 2 is 1.94 bits per heavy atom. The van der Waals surface area contributed by atoms with Gasteiger partial charge in [0.05, 0.1) is 16.8 Å². The minimum atomic E-state index is -3.81. The smallest absolute Gasteiger partial charge is 0.266 e. The van der Waals surface area contributed by atoms with Gasteiger partial charge in [-0.05, 0) is 19.1 Å². The van der Waals surface area contributed by atoms with Crippen molar-refractivity contribution >= 4 is 31.9 Å². The van der Waals surface area contributed by atoms with E-state index in [-0.39, 0.29) is 16.8 Å². The summed E-state index contributed by atoms with van der Waals surface area (Å²) in [5, 5.41) is -0.0497. The largest absolute Gasteiger partial charge is 0.273 e. The fourth-order valence-electron chi connectivity index (χ4n) is 1.36. The number of amides is 1. The molecule has 1 amide bonds. The molecule has 0 heterocycles. The van der Waals surface area contributed by atoms with E-state index in [1.54, 1.807) is 12.1 Å². The summed E-state index contributed by atoms with van der Waals surface area (Å²) in [7, 11) is -3.81. The topological polar surface area (TPSA) is 54.5 Å². The molecule has 0 spiro atoms. The molecular formula is C12H14BrNO3S. The lowest BCUT2D eigenvalue weighted by Crippen LogP contribution is -2.37. The Kier molecular flexibility index (Phi) is 5.10. The lowest BCUT2D eigenvalue weighted by atomic mass is 10.2. The van der Waals surface area contributed by atoms with Crippen molar-refractivity contribution in [2.75, 3.05) is 11.9 Å². The number of alkyl halides is 1. The zero-order valence-electron chi connectivity index (χ0n) is 9.97. The van der Waals surface area contributed by atoms with E-state index in [1.165, 1.54) is 18.2 Å². The first kappa shape index (κ1) is 14.9. The molecule has 0 unspecified atom stereocenters. The molecule has 0 saturated carbocycles. The second kappa shape index (κ2) is 6.15. The third-order valence-electron chi connectivity index (χ3n) is 2.30. The number of sulfonamides is 1. The fourth-order valence-corrected chi connectivity index (χ4v) is 3.19. The van der Waals surface area contributed by atoms with Crippen molar-refractivity contribution in [3.63, 3.8) is 0 Å². The number of carbonyl (C=O) groups is 1. The van der Waals surface area contributed by atoms with Gasteiger partial charge in [0, 0.05) is 0 Å². The van der Waals surface area contributed by atoms with Gasteiger partial charge in [-0.3, -0.25) is 4.79 Å². The van der Waals surface area contributed by atoms with E-state index in [9.17, 15) is 13.2 Å². The molecular weight excluding hydrogens is 318 g/mol. The van der Waals surface area contributed by atoms with E-state index in [4.69, 9.17) is 0 Å². The van der Waals surface area contributed by atoms with Crippen LogP contribution in [0.2, 0.25) is 0 Å². The summed E-state index contributed by atoms with van der Waals surface area (Å²) in [4.78, 5) is 11.7. The molecule has 0 saturated heterocycles. The lowest BCUT2D eigenvalue weighted by Gasteiger charge is -2.20. The minimum Gasteiger partial charge on any atom is -0.273 e. The van der Waals surface area contributed by atoms with Crippen molar-refractivity contribution in [3.8, 4) is 0 Å². The number of aryl methyl sites for hydroxylation is 1. The molecule has 0 fully saturated rings. The lowest BCUT2D eigenvalue weighted by molar-refractivity contribution is -0.123. The van der Waals surface area contributed by atoms with Gasteiger partial charge in [0.15, 0.2) is 0 Å². The highest BCUT2D eigenvalue weighted by Gasteiger charge is 2.27. The van der Waals surface area contributed by atoms with Crippen molar-refractivity contribution in [2.24, 2.45) is 0 Å². The van der Waals surface area contributed by atoms with E-state index >= 15 is 0 Å². The number of halogens is 1. The number of hydrogen-bond acceptors (Lipinski definition) is 3. The Labute approximate surface area is 115 Å². The Morgan fingerprint density at radius 3 is 2.39 bits per heavy atom. The molecule has 0 aliphatic rings. The van der Waals surface area contributed by atoms with Gasteiger partial charge in [-0.1, -0.05) is 39.7 Å². The van der Waals surface area contributed by atoms with Gasteiger partial charge in [0.2, 0.25) is 5.91 Å². The summed E-state index contributed by atoms with van der Waals surface area (Å²) in [6, 6.07) is 6.36. The predicted molar refractivity (Wildman–Crippen MR) is 74.1 cm³/mol. The van der Waals surface area contributed by atoms with Crippen LogP contribution in [0.5, 0.6) is 0 Å². The zero-order valence-corrected chi connectivity index (χ0v) is 12.4. The third-order valence-corrected chi connectivity index (χ3v) is 4.58. The van der Waals surface area contributed by atoms with Crippen LogP contribution in [-0.2, 0) is 14.8 Å². The maximum atomic E-state index is 12.3. The molecule has 6 heteroatoms. The first-order valence-corrected chi connectivity index (χ1v) is 7.78. The highest BCUT2D eigenvalue weighted by atomic mass is 79.9. The van der Waals surface area contributed by atoms with Crippen LogP contribution >= 0.6 is 15.9 Å². The van der Waals surface area contributed by atoms with Crippen LogP contribution in [0.25, 0.3) is 0 Å². The van der Waals surface area contributed by atoms with Crippen molar-refractivity contribution in [3.05, 3.63) is 42.5 Å². The quantitative estimate of drug-likeness (QED) is 0.613. The number of benzene rings is 1. The van der Waals surface area contributed by atoms with E-state index in [0.29, 0.717) is 0 Å². The van der Waals surface area contributed by atoms with Gasteiger partial charge in [-0.25, -0.2) is 12.7 Å². The van der Waals surface area contributed by atoms with Crippen molar-refractivity contribution in [1.29, 1.82) is 0 Å². The second-order valence-electron chi connectivity index (χ2n) is 3.67. The highest BCUT2D eigenvalue weighted by molar-refractivity contribution is 9.09. The monoisotopic (exact) mass is 331 g/mol. The molecule has 0 aromatic heterocycles. The molecule has 0 radical (unpaired) electrons. The minimum absolute atomic E-state index is 0.0410. The van der Waals surface area contributed by atoms with Crippen molar-refractivity contribution in [2.45, 2.75) is 11.8 Å². The standard InChI is InChI=1S/C12H14BrNO3S/c1-3-8-14(12(15)9-13)18(16,17)11-6-4-10(2)5-7-11/h3-7H,1,8-9H2,2H3. The van der Waals surface area contributed by atoms with Gasteiger partial charge >= 0.3 is 0 Å².